The quantitative estimate of drug-likeness (QED) is 0.619. The van der Waals surface area contributed by atoms with Gasteiger partial charge < -0.3 is 0 Å². The van der Waals surface area contributed by atoms with Crippen molar-refractivity contribution in [2.45, 2.75) is 34.1 Å². The summed E-state index contributed by atoms with van der Waals surface area (Å²) in [4.78, 5) is 12.6. The first-order valence-electron chi connectivity index (χ1n) is 7.65. The number of rotatable bonds is 0. The molecule has 2 nitrogen and oxygen atoms in total. The minimum Gasteiger partial charge on any atom is -0.292 e. The van der Waals surface area contributed by atoms with Gasteiger partial charge in [0.05, 0.1) is 11.0 Å². The molecule has 0 fully saturated rings. The van der Waals surface area contributed by atoms with Gasteiger partial charge in [0, 0.05) is 10.8 Å². The predicted molar refractivity (Wildman–Crippen MR) is 87.8 cm³/mol. The summed E-state index contributed by atoms with van der Waals surface area (Å²) < 4.78 is 0. The summed E-state index contributed by atoms with van der Waals surface area (Å²) in [5, 5.41) is 9.40. The second-order valence-electron chi connectivity index (χ2n) is 7.53. The molecule has 3 rings (SSSR count). The number of allylic oxidation sites excluding steroid dienone is 9. The third-order valence-electron chi connectivity index (χ3n) is 5.50. The fourth-order valence-corrected chi connectivity index (χ4v) is 4.33. The van der Waals surface area contributed by atoms with E-state index in [1.807, 2.05) is 19.9 Å². The third kappa shape index (κ3) is 1.69. The van der Waals surface area contributed by atoms with E-state index in [9.17, 15) is 10.1 Å². The van der Waals surface area contributed by atoms with Gasteiger partial charge >= 0.3 is 0 Å². The first kappa shape index (κ1) is 14.8. The van der Waals surface area contributed by atoms with Crippen LogP contribution in [0.25, 0.3) is 0 Å². The van der Waals surface area contributed by atoms with Crippen molar-refractivity contribution < 1.29 is 4.79 Å². The van der Waals surface area contributed by atoms with E-state index < -0.39 is 10.8 Å². The number of hydrogen-bond donors (Lipinski definition) is 0. The Labute approximate surface area is 132 Å². The van der Waals surface area contributed by atoms with Gasteiger partial charge in [-0.3, -0.25) is 4.79 Å². The fraction of sp³-hybridized carbons (Fsp3) is 0.400. The minimum absolute atomic E-state index is 0.0758. The van der Waals surface area contributed by atoms with Crippen LogP contribution in [0.3, 0.4) is 0 Å². The van der Waals surface area contributed by atoms with Crippen LogP contribution in [0.15, 0.2) is 59.3 Å². The Morgan fingerprint density at radius 2 is 1.91 bits per heavy atom. The van der Waals surface area contributed by atoms with Crippen LogP contribution in [0.1, 0.15) is 34.1 Å². The Bertz CT molecular complexity index is 766. The van der Waals surface area contributed by atoms with Gasteiger partial charge in [0.15, 0.2) is 5.78 Å². The molecule has 112 valence electrons. The number of nitriles is 1. The van der Waals surface area contributed by atoms with E-state index in [0.29, 0.717) is 0 Å². The number of carbonyl (C=O) groups is 1. The van der Waals surface area contributed by atoms with Crippen LogP contribution in [0, 0.1) is 27.6 Å². The van der Waals surface area contributed by atoms with Crippen molar-refractivity contribution >= 4 is 5.78 Å². The molecule has 0 N–H and O–H groups in total. The molecule has 0 aliphatic heterocycles. The SMILES string of the molecule is C=C1C=CC2(C)CC=C3C(C)(C)C(=O)C(C#N)=C[C@]3(C)C2=C1. The van der Waals surface area contributed by atoms with Gasteiger partial charge in [-0.05, 0) is 50.0 Å². The second-order valence-corrected chi connectivity index (χ2v) is 7.53. The molecule has 2 heteroatoms. The highest BCUT2D eigenvalue weighted by Crippen LogP contribution is 2.60. The van der Waals surface area contributed by atoms with E-state index in [4.69, 9.17) is 0 Å². The molecule has 0 spiro atoms. The van der Waals surface area contributed by atoms with Gasteiger partial charge in [-0.25, -0.2) is 0 Å². The van der Waals surface area contributed by atoms with Gasteiger partial charge in [0.2, 0.25) is 0 Å². The molecule has 0 heterocycles. The number of hydrogen-bond acceptors (Lipinski definition) is 2. The van der Waals surface area contributed by atoms with E-state index in [-0.39, 0.29) is 16.8 Å². The Kier molecular flexibility index (Phi) is 2.82. The highest BCUT2D eigenvalue weighted by molar-refractivity contribution is 6.06. The highest BCUT2D eigenvalue weighted by Gasteiger charge is 2.53. The van der Waals surface area contributed by atoms with Crippen molar-refractivity contribution in [2.75, 3.05) is 0 Å². The molecule has 3 aliphatic rings. The number of ketones is 1. The van der Waals surface area contributed by atoms with Gasteiger partial charge in [0.25, 0.3) is 0 Å². The summed E-state index contributed by atoms with van der Waals surface area (Å²) in [6, 6.07) is 2.10. The normalized spacial score (nSPS) is 35.7. The van der Waals surface area contributed by atoms with Gasteiger partial charge in [-0.2, -0.15) is 5.26 Å². The lowest BCUT2D eigenvalue weighted by molar-refractivity contribution is -0.122. The fourth-order valence-electron chi connectivity index (χ4n) is 4.33. The van der Waals surface area contributed by atoms with Crippen LogP contribution in [-0.4, -0.2) is 5.78 Å². The van der Waals surface area contributed by atoms with Crippen LogP contribution < -0.4 is 0 Å². The number of nitrogens with zero attached hydrogens (tertiary/aromatic N) is 1. The lowest BCUT2D eigenvalue weighted by Crippen LogP contribution is -2.46. The molecule has 0 amide bonds. The Hall–Kier alpha value is -2.14. The Morgan fingerprint density at radius 1 is 1.23 bits per heavy atom. The summed E-state index contributed by atoms with van der Waals surface area (Å²) in [5.74, 6) is -0.0758. The summed E-state index contributed by atoms with van der Waals surface area (Å²) >= 11 is 0. The number of carbonyl (C=O) groups excluding carboxylic acids is 1. The molecule has 0 aromatic carbocycles. The summed E-state index contributed by atoms with van der Waals surface area (Å²) in [7, 11) is 0. The van der Waals surface area contributed by atoms with Crippen molar-refractivity contribution in [1.82, 2.24) is 0 Å². The molecule has 3 aliphatic carbocycles. The smallest absolute Gasteiger partial charge is 0.182 e. The third-order valence-corrected chi connectivity index (χ3v) is 5.50. The predicted octanol–water partition coefficient (Wildman–Crippen LogP) is 4.44. The average molecular weight is 291 g/mol. The molecule has 1 unspecified atom stereocenters. The van der Waals surface area contributed by atoms with Crippen LogP contribution >= 0.6 is 0 Å². The van der Waals surface area contributed by atoms with E-state index in [0.717, 1.165) is 17.6 Å². The molecular formula is C20H21NO. The van der Waals surface area contributed by atoms with Crippen LogP contribution in [-0.2, 0) is 4.79 Å². The molecule has 0 radical (unpaired) electrons. The topological polar surface area (TPSA) is 40.9 Å². The van der Waals surface area contributed by atoms with Gasteiger partial charge in [0.1, 0.15) is 6.07 Å². The Balaban J connectivity index is 2.33. The zero-order chi connectivity index (χ0) is 16.3. The molecule has 2 atom stereocenters. The Morgan fingerprint density at radius 3 is 2.55 bits per heavy atom. The molecule has 0 saturated carbocycles. The molecule has 0 aromatic rings. The first-order chi connectivity index (χ1) is 10.1. The maximum absolute atomic E-state index is 12.6. The second kappa shape index (κ2) is 4.20. The van der Waals surface area contributed by atoms with Gasteiger partial charge in [-0.1, -0.05) is 37.8 Å². The molecule has 0 bridgehead atoms. The number of Topliss-reactive ketones (excluding diaryl/α,β-unsaturated/α-hetero) is 1. The highest BCUT2D eigenvalue weighted by atomic mass is 16.1. The lowest BCUT2D eigenvalue weighted by Gasteiger charge is -2.52. The number of fused-ring (bicyclic) bond motifs is 3. The minimum atomic E-state index is -0.640. The molecular weight excluding hydrogens is 270 g/mol. The van der Waals surface area contributed by atoms with Crippen molar-refractivity contribution in [3.05, 3.63) is 59.3 Å². The van der Waals surface area contributed by atoms with E-state index in [2.05, 4.69) is 50.8 Å². The van der Waals surface area contributed by atoms with Crippen molar-refractivity contribution in [3.8, 4) is 6.07 Å². The summed E-state index contributed by atoms with van der Waals surface area (Å²) in [6.45, 7) is 12.3. The molecule has 22 heavy (non-hydrogen) atoms. The van der Waals surface area contributed by atoms with Crippen LogP contribution in [0.5, 0.6) is 0 Å². The lowest BCUT2D eigenvalue weighted by atomic mass is 9.50. The molecule has 0 aromatic heterocycles. The maximum atomic E-state index is 12.6. The van der Waals surface area contributed by atoms with E-state index in [1.165, 1.54) is 5.57 Å². The summed E-state index contributed by atoms with van der Waals surface area (Å²) in [6.07, 6.45) is 11.3. The largest absolute Gasteiger partial charge is 0.292 e. The van der Waals surface area contributed by atoms with Crippen LogP contribution in [0.2, 0.25) is 0 Å². The molecule has 0 saturated heterocycles. The van der Waals surface area contributed by atoms with Crippen molar-refractivity contribution in [2.24, 2.45) is 16.2 Å². The zero-order valence-corrected chi connectivity index (χ0v) is 13.7. The average Bonchev–Trinajstić information content (AvgIpc) is 2.45. The summed E-state index contributed by atoms with van der Waals surface area (Å²) in [5.41, 5.74) is 2.47. The zero-order valence-electron chi connectivity index (χ0n) is 13.7. The van der Waals surface area contributed by atoms with Crippen molar-refractivity contribution in [3.63, 3.8) is 0 Å². The van der Waals surface area contributed by atoms with Crippen molar-refractivity contribution in [1.29, 1.82) is 5.26 Å². The van der Waals surface area contributed by atoms with Gasteiger partial charge in [-0.15, -0.1) is 0 Å². The van der Waals surface area contributed by atoms with E-state index >= 15 is 0 Å². The maximum Gasteiger partial charge on any atom is 0.182 e. The van der Waals surface area contributed by atoms with Crippen LogP contribution in [0.4, 0.5) is 0 Å². The first-order valence-corrected chi connectivity index (χ1v) is 7.65. The monoisotopic (exact) mass is 291 g/mol. The van der Waals surface area contributed by atoms with E-state index in [1.54, 1.807) is 0 Å². The standard InChI is InChI=1S/C20H21NO/c1-13-6-8-19(4)9-7-15-18(2,3)17(22)14(12-21)11-20(15,5)16(19)10-13/h6-8,10-11H,1,9H2,2-5H3/t19?,20-/m0/s1.